The third-order valence-corrected chi connectivity index (χ3v) is 5.39. The van der Waals surface area contributed by atoms with Gasteiger partial charge in [-0.05, 0) is 48.4 Å². The first-order valence-electron chi connectivity index (χ1n) is 10.4. The molecule has 0 bridgehead atoms. The van der Waals surface area contributed by atoms with Gasteiger partial charge in [-0.25, -0.2) is 4.39 Å². The Hall–Kier alpha value is -3.72. The Kier molecular flexibility index (Phi) is 6.39. The smallest absolute Gasteiger partial charge is 0.488 e. The standard InChI is InChI=1S/C25H21F4N3O2/c1-15(33)10-17-4-2-3-5-23(17)34-14-16-11-20(19-6-8-31-21(13-30)24(19)26)18-7-9-32(22(18)12-16)25(27,28)29/h2-9,11-12H,10,13-14,30H2,1H3. The molecule has 0 amide bonds. The van der Waals surface area contributed by atoms with Crippen molar-refractivity contribution in [1.29, 1.82) is 0 Å². The third kappa shape index (κ3) is 4.65. The first kappa shape index (κ1) is 23.4. The van der Waals surface area contributed by atoms with Crippen LogP contribution in [-0.4, -0.2) is 15.3 Å². The Morgan fingerprint density at radius 3 is 2.59 bits per heavy atom. The molecule has 9 heteroatoms. The van der Waals surface area contributed by atoms with Gasteiger partial charge >= 0.3 is 6.30 Å². The lowest BCUT2D eigenvalue weighted by Crippen LogP contribution is -2.15. The van der Waals surface area contributed by atoms with Gasteiger partial charge in [0.1, 0.15) is 18.1 Å². The van der Waals surface area contributed by atoms with Crippen LogP contribution in [0.1, 0.15) is 23.7 Å². The average Bonchev–Trinajstić information content (AvgIpc) is 3.22. The summed E-state index contributed by atoms with van der Waals surface area (Å²) in [6.45, 7) is 1.22. The summed E-state index contributed by atoms with van der Waals surface area (Å²) in [5.41, 5.74) is 6.88. The second-order valence-corrected chi connectivity index (χ2v) is 7.83. The van der Waals surface area contributed by atoms with Gasteiger partial charge in [-0.2, -0.15) is 0 Å². The number of rotatable bonds is 7. The monoisotopic (exact) mass is 471 g/mol. The molecule has 0 aliphatic rings. The third-order valence-electron chi connectivity index (χ3n) is 5.39. The van der Waals surface area contributed by atoms with E-state index in [1.54, 1.807) is 30.3 Å². The minimum absolute atomic E-state index is 0.0146. The van der Waals surface area contributed by atoms with Gasteiger partial charge in [0.05, 0.1) is 11.2 Å². The topological polar surface area (TPSA) is 70.1 Å². The van der Waals surface area contributed by atoms with E-state index in [1.165, 1.54) is 31.3 Å². The number of ether oxygens (including phenoxy) is 1. The van der Waals surface area contributed by atoms with Crippen molar-refractivity contribution in [2.75, 3.05) is 0 Å². The Labute approximate surface area is 192 Å². The molecule has 0 atom stereocenters. The van der Waals surface area contributed by atoms with E-state index in [0.29, 0.717) is 16.9 Å². The summed E-state index contributed by atoms with van der Waals surface area (Å²) in [6, 6.07) is 12.6. The van der Waals surface area contributed by atoms with E-state index in [0.717, 1.165) is 6.20 Å². The van der Waals surface area contributed by atoms with Crippen LogP contribution in [0.3, 0.4) is 0 Å². The van der Waals surface area contributed by atoms with Crippen LogP contribution in [0.15, 0.2) is 60.9 Å². The highest BCUT2D eigenvalue weighted by atomic mass is 19.4. The highest BCUT2D eigenvalue weighted by molar-refractivity contribution is 5.96. The number of para-hydroxylation sites is 1. The zero-order valence-electron chi connectivity index (χ0n) is 18.2. The maximum absolute atomic E-state index is 15.0. The maximum atomic E-state index is 15.0. The van der Waals surface area contributed by atoms with Crippen LogP contribution in [0, 0.1) is 5.82 Å². The fraction of sp³-hybridized carbons (Fsp3) is 0.200. The highest BCUT2D eigenvalue weighted by Crippen LogP contribution is 2.37. The highest BCUT2D eigenvalue weighted by Gasteiger charge is 2.32. The molecule has 0 spiro atoms. The quantitative estimate of drug-likeness (QED) is 0.362. The Morgan fingerprint density at radius 1 is 1.12 bits per heavy atom. The summed E-state index contributed by atoms with van der Waals surface area (Å²) in [5.74, 6) is -0.284. The number of hydrogen-bond donors (Lipinski definition) is 1. The van der Waals surface area contributed by atoms with Gasteiger partial charge in [-0.15, -0.1) is 13.2 Å². The first-order valence-corrected chi connectivity index (χ1v) is 10.4. The van der Waals surface area contributed by atoms with Gasteiger partial charge in [0.2, 0.25) is 0 Å². The number of nitrogens with zero attached hydrogens (tertiary/aromatic N) is 2. The summed E-state index contributed by atoms with van der Waals surface area (Å²) >= 11 is 0. The van der Waals surface area contributed by atoms with Crippen LogP contribution in [0.4, 0.5) is 17.6 Å². The second kappa shape index (κ2) is 9.26. The van der Waals surface area contributed by atoms with E-state index in [1.807, 2.05) is 0 Å². The van der Waals surface area contributed by atoms with E-state index in [4.69, 9.17) is 10.5 Å². The predicted molar refractivity (Wildman–Crippen MR) is 119 cm³/mol. The molecule has 34 heavy (non-hydrogen) atoms. The zero-order valence-corrected chi connectivity index (χ0v) is 18.2. The number of fused-ring (bicyclic) bond motifs is 1. The van der Waals surface area contributed by atoms with Crippen molar-refractivity contribution < 1.29 is 27.1 Å². The minimum atomic E-state index is -4.66. The van der Waals surface area contributed by atoms with Crippen LogP contribution in [-0.2, 0) is 30.7 Å². The number of ketones is 1. The molecular weight excluding hydrogens is 450 g/mol. The predicted octanol–water partition coefficient (Wildman–Crippen LogP) is 5.49. The molecular formula is C25H21F4N3O2. The number of halogens is 4. The molecule has 2 N–H and O–H groups in total. The molecule has 0 radical (unpaired) electrons. The number of carbonyl (C=O) groups excluding carboxylic acids is 1. The Morgan fingerprint density at radius 2 is 1.88 bits per heavy atom. The van der Waals surface area contributed by atoms with Gasteiger partial charge in [0.25, 0.3) is 0 Å². The van der Waals surface area contributed by atoms with Gasteiger partial charge in [-0.1, -0.05) is 18.2 Å². The number of hydrogen-bond acceptors (Lipinski definition) is 4. The molecule has 0 saturated heterocycles. The number of pyridine rings is 1. The molecule has 0 fully saturated rings. The van der Waals surface area contributed by atoms with Crippen LogP contribution in [0.5, 0.6) is 5.75 Å². The number of alkyl halides is 3. The first-order chi connectivity index (χ1) is 16.2. The van der Waals surface area contributed by atoms with E-state index in [9.17, 15) is 18.0 Å². The molecule has 0 aliphatic heterocycles. The molecule has 2 aromatic heterocycles. The fourth-order valence-electron chi connectivity index (χ4n) is 3.88. The lowest BCUT2D eigenvalue weighted by molar-refractivity contribution is -0.200. The largest absolute Gasteiger partial charge is 0.489 e. The lowest BCUT2D eigenvalue weighted by atomic mass is 9.98. The molecule has 2 heterocycles. The van der Waals surface area contributed by atoms with Crippen molar-refractivity contribution in [2.45, 2.75) is 32.8 Å². The SMILES string of the molecule is CC(=O)Cc1ccccc1OCc1cc(-c2ccnc(CN)c2F)c2ccn(C(F)(F)F)c2c1. The van der Waals surface area contributed by atoms with Crippen LogP contribution >= 0.6 is 0 Å². The summed E-state index contributed by atoms with van der Waals surface area (Å²) in [4.78, 5) is 15.5. The minimum Gasteiger partial charge on any atom is -0.489 e. The van der Waals surface area contributed by atoms with Crippen molar-refractivity contribution in [2.24, 2.45) is 5.73 Å². The maximum Gasteiger partial charge on any atom is 0.488 e. The van der Waals surface area contributed by atoms with Crippen LogP contribution < -0.4 is 10.5 Å². The van der Waals surface area contributed by atoms with Crippen molar-refractivity contribution in [3.05, 3.63) is 83.6 Å². The van der Waals surface area contributed by atoms with Gasteiger partial charge < -0.3 is 10.5 Å². The number of Topliss-reactive ketones (excluding diaryl/α,β-unsaturated/α-hetero) is 1. The normalized spacial score (nSPS) is 11.7. The van der Waals surface area contributed by atoms with Gasteiger partial charge in [0.15, 0.2) is 5.82 Å². The number of aromatic nitrogens is 2. The lowest BCUT2D eigenvalue weighted by Gasteiger charge is -2.15. The molecule has 176 valence electrons. The summed E-state index contributed by atoms with van der Waals surface area (Å²) in [6.07, 6.45) is -2.22. The summed E-state index contributed by atoms with van der Waals surface area (Å²) < 4.78 is 62.0. The number of carbonyl (C=O) groups is 1. The Balaban J connectivity index is 1.82. The Bertz CT molecular complexity index is 1360. The van der Waals surface area contributed by atoms with Gasteiger partial charge in [0, 0.05) is 41.9 Å². The van der Waals surface area contributed by atoms with E-state index >= 15 is 4.39 Å². The molecule has 2 aromatic carbocycles. The fourth-order valence-corrected chi connectivity index (χ4v) is 3.88. The van der Waals surface area contributed by atoms with E-state index in [-0.39, 0.29) is 57.6 Å². The van der Waals surface area contributed by atoms with E-state index in [2.05, 4.69) is 4.98 Å². The second-order valence-electron chi connectivity index (χ2n) is 7.83. The van der Waals surface area contributed by atoms with Gasteiger partial charge in [-0.3, -0.25) is 14.3 Å². The van der Waals surface area contributed by atoms with Crippen molar-refractivity contribution in [3.63, 3.8) is 0 Å². The van der Waals surface area contributed by atoms with Crippen LogP contribution in [0.2, 0.25) is 0 Å². The zero-order chi connectivity index (χ0) is 24.5. The molecule has 0 unspecified atom stereocenters. The van der Waals surface area contributed by atoms with Crippen molar-refractivity contribution in [3.8, 4) is 16.9 Å². The molecule has 0 saturated carbocycles. The molecule has 4 aromatic rings. The number of nitrogens with two attached hydrogens (primary N) is 1. The molecule has 0 aliphatic carbocycles. The number of benzene rings is 2. The average molecular weight is 471 g/mol. The summed E-state index contributed by atoms with van der Waals surface area (Å²) in [7, 11) is 0. The molecule has 5 nitrogen and oxygen atoms in total. The van der Waals surface area contributed by atoms with Crippen molar-refractivity contribution in [1.82, 2.24) is 9.55 Å². The molecule has 4 rings (SSSR count). The van der Waals surface area contributed by atoms with E-state index < -0.39 is 12.1 Å². The summed E-state index contributed by atoms with van der Waals surface area (Å²) in [5, 5.41) is 0.228. The van der Waals surface area contributed by atoms with Crippen molar-refractivity contribution >= 4 is 16.7 Å². The van der Waals surface area contributed by atoms with Crippen LogP contribution in [0.25, 0.3) is 22.0 Å².